The SMILES string of the molecule is CCC[C@H](NC(=O)/C(C#N)=C/c1ccc(N2CCCCC2)cc1)c1ccccc1. The summed E-state index contributed by atoms with van der Waals surface area (Å²) in [5, 5.41) is 12.6. The number of nitriles is 1. The van der Waals surface area contributed by atoms with Gasteiger partial charge in [0.2, 0.25) is 0 Å². The van der Waals surface area contributed by atoms with E-state index in [2.05, 4.69) is 35.3 Å². The van der Waals surface area contributed by atoms with Gasteiger partial charge in [-0.25, -0.2) is 0 Å². The predicted molar refractivity (Wildman–Crippen MR) is 118 cm³/mol. The molecule has 2 aromatic rings. The Hall–Kier alpha value is -3.06. The minimum absolute atomic E-state index is 0.0908. The Labute approximate surface area is 173 Å². The van der Waals surface area contributed by atoms with E-state index in [1.807, 2.05) is 42.5 Å². The second kappa shape index (κ2) is 10.5. The summed E-state index contributed by atoms with van der Waals surface area (Å²) in [5.41, 5.74) is 3.26. The van der Waals surface area contributed by atoms with E-state index in [1.165, 1.54) is 24.9 Å². The highest BCUT2D eigenvalue weighted by molar-refractivity contribution is 6.01. The molecule has 1 aliphatic rings. The highest BCUT2D eigenvalue weighted by Crippen LogP contribution is 2.22. The first-order valence-corrected chi connectivity index (χ1v) is 10.5. The molecule has 1 aliphatic heterocycles. The van der Waals surface area contributed by atoms with Gasteiger partial charge in [0.1, 0.15) is 11.6 Å². The van der Waals surface area contributed by atoms with Gasteiger partial charge >= 0.3 is 0 Å². The smallest absolute Gasteiger partial charge is 0.262 e. The lowest BCUT2D eigenvalue weighted by Gasteiger charge is -2.28. The van der Waals surface area contributed by atoms with Gasteiger partial charge in [0.25, 0.3) is 5.91 Å². The molecule has 1 atom stereocenters. The highest BCUT2D eigenvalue weighted by Gasteiger charge is 2.17. The zero-order chi connectivity index (χ0) is 20.5. The number of hydrogen-bond acceptors (Lipinski definition) is 3. The summed E-state index contributed by atoms with van der Waals surface area (Å²) in [6.45, 7) is 4.28. The van der Waals surface area contributed by atoms with Crippen LogP contribution in [0, 0.1) is 11.3 Å². The monoisotopic (exact) mass is 387 g/mol. The molecule has 0 saturated carbocycles. The second-order valence-corrected chi connectivity index (χ2v) is 7.53. The normalized spacial score (nSPS) is 15.4. The zero-order valence-electron chi connectivity index (χ0n) is 17.1. The average molecular weight is 388 g/mol. The molecule has 1 heterocycles. The van der Waals surface area contributed by atoms with Crippen LogP contribution in [0.25, 0.3) is 6.08 Å². The van der Waals surface area contributed by atoms with Gasteiger partial charge in [-0.15, -0.1) is 0 Å². The molecule has 4 nitrogen and oxygen atoms in total. The van der Waals surface area contributed by atoms with Crippen molar-refractivity contribution in [1.29, 1.82) is 5.26 Å². The third kappa shape index (κ3) is 5.71. The number of benzene rings is 2. The van der Waals surface area contributed by atoms with Crippen molar-refractivity contribution in [3.8, 4) is 6.07 Å². The molecule has 0 aliphatic carbocycles. The Morgan fingerprint density at radius 2 is 1.79 bits per heavy atom. The van der Waals surface area contributed by atoms with E-state index in [1.54, 1.807) is 6.08 Å². The van der Waals surface area contributed by atoms with Crippen LogP contribution in [0.2, 0.25) is 0 Å². The average Bonchev–Trinajstić information content (AvgIpc) is 2.78. The zero-order valence-corrected chi connectivity index (χ0v) is 17.1. The molecule has 1 amide bonds. The molecule has 1 fully saturated rings. The lowest BCUT2D eigenvalue weighted by atomic mass is 10.0. The Morgan fingerprint density at radius 3 is 2.41 bits per heavy atom. The summed E-state index contributed by atoms with van der Waals surface area (Å²) >= 11 is 0. The van der Waals surface area contributed by atoms with Crippen LogP contribution in [0.15, 0.2) is 60.2 Å². The Morgan fingerprint density at radius 1 is 1.10 bits per heavy atom. The van der Waals surface area contributed by atoms with Crippen molar-refractivity contribution in [3.63, 3.8) is 0 Å². The van der Waals surface area contributed by atoms with E-state index in [-0.39, 0.29) is 17.5 Å². The Bertz CT molecular complexity index is 859. The molecule has 2 aromatic carbocycles. The fourth-order valence-electron chi connectivity index (χ4n) is 3.78. The lowest BCUT2D eigenvalue weighted by molar-refractivity contribution is -0.117. The third-order valence-corrected chi connectivity index (χ3v) is 5.37. The first kappa shape index (κ1) is 20.7. The van der Waals surface area contributed by atoms with Crippen molar-refractivity contribution < 1.29 is 4.79 Å². The molecule has 4 heteroatoms. The Balaban J connectivity index is 1.71. The summed E-state index contributed by atoms with van der Waals surface area (Å²) in [7, 11) is 0. The first-order chi connectivity index (χ1) is 14.2. The maximum absolute atomic E-state index is 12.7. The second-order valence-electron chi connectivity index (χ2n) is 7.53. The molecule has 0 aromatic heterocycles. The van der Waals surface area contributed by atoms with Gasteiger partial charge in [0.05, 0.1) is 6.04 Å². The predicted octanol–water partition coefficient (Wildman–Crippen LogP) is 5.24. The summed E-state index contributed by atoms with van der Waals surface area (Å²) in [6, 6.07) is 20.0. The maximum Gasteiger partial charge on any atom is 0.262 e. The van der Waals surface area contributed by atoms with Gasteiger partial charge in [-0.3, -0.25) is 4.79 Å². The van der Waals surface area contributed by atoms with Crippen molar-refractivity contribution >= 4 is 17.7 Å². The van der Waals surface area contributed by atoms with Gasteiger partial charge in [-0.05, 0) is 55.0 Å². The molecular formula is C25H29N3O. The first-order valence-electron chi connectivity index (χ1n) is 10.5. The summed E-state index contributed by atoms with van der Waals surface area (Å²) in [4.78, 5) is 15.1. The fraction of sp³-hybridized carbons (Fsp3) is 0.360. The van der Waals surface area contributed by atoms with E-state index >= 15 is 0 Å². The minimum atomic E-state index is -0.324. The van der Waals surface area contributed by atoms with Crippen LogP contribution in [0.1, 0.15) is 56.2 Å². The van der Waals surface area contributed by atoms with Gasteiger partial charge in [0.15, 0.2) is 0 Å². The molecule has 0 unspecified atom stereocenters. The molecular weight excluding hydrogens is 358 g/mol. The fourth-order valence-corrected chi connectivity index (χ4v) is 3.78. The van der Waals surface area contributed by atoms with Gasteiger partial charge in [0, 0.05) is 18.8 Å². The molecule has 0 spiro atoms. The number of nitrogens with zero attached hydrogens (tertiary/aromatic N) is 2. The van der Waals surface area contributed by atoms with Crippen LogP contribution in [-0.4, -0.2) is 19.0 Å². The van der Waals surface area contributed by atoms with Crippen LogP contribution in [-0.2, 0) is 4.79 Å². The standard InChI is InChI=1S/C25H29N3O/c1-2-9-24(21-10-5-3-6-11-21)27-25(29)22(19-26)18-20-12-14-23(15-13-20)28-16-7-4-8-17-28/h3,5-6,10-15,18,24H,2,4,7-9,16-17H2,1H3,(H,27,29)/b22-18+/t24-/m0/s1. The number of anilines is 1. The highest BCUT2D eigenvalue weighted by atomic mass is 16.1. The van der Waals surface area contributed by atoms with Crippen LogP contribution in [0.3, 0.4) is 0 Å². The van der Waals surface area contributed by atoms with E-state index in [9.17, 15) is 10.1 Å². The molecule has 150 valence electrons. The van der Waals surface area contributed by atoms with Gasteiger partial charge < -0.3 is 10.2 Å². The van der Waals surface area contributed by atoms with Crippen LogP contribution in [0.5, 0.6) is 0 Å². The number of amides is 1. The topological polar surface area (TPSA) is 56.1 Å². The number of carbonyl (C=O) groups excluding carboxylic acids is 1. The van der Waals surface area contributed by atoms with Gasteiger partial charge in [-0.2, -0.15) is 5.26 Å². The summed E-state index contributed by atoms with van der Waals surface area (Å²) < 4.78 is 0. The Kier molecular flexibility index (Phi) is 7.47. The largest absolute Gasteiger partial charge is 0.372 e. The van der Waals surface area contributed by atoms with Crippen LogP contribution in [0.4, 0.5) is 5.69 Å². The summed E-state index contributed by atoms with van der Waals surface area (Å²) in [5.74, 6) is -0.324. The number of nitrogens with one attached hydrogen (secondary N) is 1. The number of hydrogen-bond donors (Lipinski definition) is 1. The third-order valence-electron chi connectivity index (χ3n) is 5.37. The van der Waals surface area contributed by atoms with Crippen molar-refractivity contribution in [2.45, 2.75) is 45.1 Å². The van der Waals surface area contributed by atoms with E-state index in [4.69, 9.17) is 0 Å². The molecule has 1 N–H and O–H groups in total. The molecule has 0 bridgehead atoms. The molecule has 3 rings (SSSR count). The lowest BCUT2D eigenvalue weighted by Crippen LogP contribution is -2.29. The van der Waals surface area contributed by atoms with Crippen molar-refractivity contribution in [1.82, 2.24) is 5.32 Å². The number of rotatable bonds is 7. The quantitative estimate of drug-likeness (QED) is 0.522. The summed E-state index contributed by atoms with van der Waals surface area (Å²) in [6.07, 6.45) is 7.23. The minimum Gasteiger partial charge on any atom is -0.372 e. The maximum atomic E-state index is 12.7. The van der Waals surface area contributed by atoms with Crippen molar-refractivity contribution in [2.24, 2.45) is 0 Å². The van der Waals surface area contributed by atoms with Crippen LogP contribution >= 0.6 is 0 Å². The van der Waals surface area contributed by atoms with Gasteiger partial charge in [-0.1, -0.05) is 55.8 Å². The van der Waals surface area contributed by atoms with E-state index in [0.29, 0.717) is 0 Å². The van der Waals surface area contributed by atoms with Crippen molar-refractivity contribution in [2.75, 3.05) is 18.0 Å². The number of carbonyl (C=O) groups is 1. The molecule has 1 saturated heterocycles. The van der Waals surface area contributed by atoms with Crippen molar-refractivity contribution in [3.05, 3.63) is 71.3 Å². The number of piperidine rings is 1. The van der Waals surface area contributed by atoms with E-state index < -0.39 is 0 Å². The van der Waals surface area contributed by atoms with E-state index in [0.717, 1.165) is 37.1 Å². The molecule has 0 radical (unpaired) electrons. The van der Waals surface area contributed by atoms with Crippen LogP contribution < -0.4 is 10.2 Å². The molecule has 29 heavy (non-hydrogen) atoms.